The molecule has 1 aromatic carbocycles. The predicted octanol–water partition coefficient (Wildman–Crippen LogP) is 2.80. The lowest BCUT2D eigenvalue weighted by Gasteiger charge is -2.00. The van der Waals surface area contributed by atoms with Crippen LogP contribution in [0.1, 0.15) is 31.7 Å². The summed E-state index contributed by atoms with van der Waals surface area (Å²) < 4.78 is 0. The fourth-order valence-electron chi connectivity index (χ4n) is 1.27. The van der Waals surface area contributed by atoms with E-state index in [-0.39, 0.29) is 0 Å². The highest BCUT2D eigenvalue weighted by molar-refractivity contribution is 5.39. The number of unbranched alkanes of at least 4 members (excludes halogenated alkanes) is 2. The number of aryl methyl sites for hydroxylation is 1. The van der Waals surface area contributed by atoms with E-state index >= 15 is 0 Å². The smallest absolute Gasteiger partial charge is 0.0397 e. The largest absolute Gasteiger partial charge is 0.398 e. The van der Waals surface area contributed by atoms with E-state index in [9.17, 15) is 0 Å². The molecule has 0 unspecified atom stereocenters. The summed E-state index contributed by atoms with van der Waals surface area (Å²) in [5.41, 5.74) is 7.69. The minimum absolute atomic E-state index is 0.754. The van der Waals surface area contributed by atoms with Crippen molar-refractivity contribution in [2.75, 3.05) is 5.73 Å². The normalized spacial score (nSPS) is 10.1. The number of anilines is 1. The van der Waals surface area contributed by atoms with Crippen LogP contribution in [0.3, 0.4) is 0 Å². The van der Waals surface area contributed by atoms with E-state index in [1.807, 2.05) is 12.1 Å². The number of rotatable bonds is 4. The van der Waals surface area contributed by atoms with Crippen molar-refractivity contribution in [1.82, 2.24) is 0 Å². The van der Waals surface area contributed by atoms with Crippen molar-refractivity contribution in [2.24, 2.45) is 0 Å². The lowest BCUT2D eigenvalue weighted by molar-refractivity contribution is 0.717. The van der Waals surface area contributed by atoms with Gasteiger partial charge in [-0.05, 0) is 24.5 Å². The van der Waals surface area contributed by atoms with E-state index in [1.165, 1.54) is 24.8 Å². The monoisotopic (exact) mass is 162 g/mol. The Hall–Kier alpha value is -0.980. The highest BCUT2D eigenvalue weighted by Gasteiger charge is 1.92. The molecule has 1 nitrogen and oxygen atoms in total. The maximum absolute atomic E-state index is 5.61. The quantitative estimate of drug-likeness (QED) is 0.534. The van der Waals surface area contributed by atoms with Crippen molar-refractivity contribution in [3.63, 3.8) is 0 Å². The van der Waals surface area contributed by atoms with E-state index in [1.54, 1.807) is 0 Å². The Kier molecular flexibility index (Phi) is 3.65. The summed E-state index contributed by atoms with van der Waals surface area (Å²) in [5, 5.41) is 0. The van der Waals surface area contributed by atoms with E-state index < -0.39 is 0 Å². The van der Waals surface area contributed by atoms with E-state index in [2.05, 4.69) is 19.1 Å². The summed E-state index contributed by atoms with van der Waals surface area (Å²) in [6.45, 7) is 2.22. The summed E-state index contributed by atoms with van der Waals surface area (Å²) >= 11 is 0. The molecule has 0 aromatic heterocycles. The average molecular weight is 162 g/mol. The van der Waals surface area contributed by atoms with Gasteiger partial charge in [-0.25, -0.2) is 0 Å². The summed E-state index contributed by atoms with van der Waals surface area (Å²) in [5.74, 6) is 0. The Morgan fingerprint density at radius 1 is 1.42 bits per heavy atom. The molecule has 65 valence electrons. The summed E-state index contributed by atoms with van der Waals surface area (Å²) in [6.07, 6.45) is 4.99. The van der Waals surface area contributed by atoms with Crippen molar-refractivity contribution >= 4 is 5.69 Å². The maximum atomic E-state index is 5.61. The highest BCUT2D eigenvalue weighted by Crippen LogP contribution is 2.09. The molecule has 0 atom stereocenters. The summed E-state index contributed by atoms with van der Waals surface area (Å²) in [6, 6.07) is 8.94. The molecular formula is C11H16N. The van der Waals surface area contributed by atoms with Crippen LogP contribution >= 0.6 is 0 Å². The van der Waals surface area contributed by atoms with Crippen LogP contribution in [0.4, 0.5) is 5.69 Å². The molecule has 0 fully saturated rings. The van der Waals surface area contributed by atoms with Gasteiger partial charge in [0.15, 0.2) is 0 Å². The van der Waals surface area contributed by atoms with Crippen LogP contribution in [0.5, 0.6) is 0 Å². The zero-order valence-electron chi connectivity index (χ0n) is 7.64. The zero-order chi connectivity index (χ0) is 8.81. The SMILES string of the molecule is CCCCCc1cc[c]c(N)c1. The Balaban J connectivity index is 2.41. The third kappa shape index (κ3) is 2.95. The third-order valence-electron chi connectivity index (χ3n) is 1.96. The molecule has 0 aliphatic rings. The van der Waals surface area contributed by atoms with Gasteiger partial charge in [0.25, 0.3) is 0 Å². The van der Waals surface area contributed by atoms with Gasteiger partial charge in [-0.2, -0.15) is 0 Å². The fraction of sp³-hybridized carbons (Fsp3) is 0.455. The average Bonchev–Trinajstić information content (AvgIpc) is 2.05. The Morgan fingerprint density at radius 2 is 2.25 bits per heavy atom. The number of hydrogen-bond acceptors (Lipinski definition) is 1. The molecule has 1 radical (unpaired) electrons. The van der Waals surface area contributed by atoms with Gasteiger partial charge in [-0.1, -0.05) is 31.9 Å². The second-order valence-electron chi connectivity index (χ2n) is 3.11. The van der Waals surface area contributed by atoms with Crippen LogP contribution < -0.4 is 5.73 Å². The van der Waals surface area contributed by atoms with Gasteiger partial charge in [0.1, 0.15) is 0 Å². The van der Waals surface area contributed by atoms with Crippen molar-refractivity contribution < 1.29 is 0 Å². The molecule has 0 amide bonds. The molecule has 0 heterocycles. The van der Waals surface area contributed by atoms with Gasteiger partial charge in [0, 0.05) is 11.8 Å². The second kappa shape index (κ2) is 4.81. The number of nitrogen functional groups attached to an aromatic ring is 1. The third-order valence-corrected chi connectivity index (χ3v) is 1.96. The van der Waals surface area contributed by atoms with Gasteiger partial charge in [-0.3, -0.25) is 0 Å². The molecule has 12 heavy (non-hydrogen) atoms. The van der Waals surface area contributed by atoms with Gasteiger partial charge in [-0.15, -0.1) is 0 Å². The van der Waals surface area contributed by atoms with Crippen LogP contribution in [0, 0.1) is 6.07 Å². The summed E-state index contributed by atoms with van der Waals surface area (Å²) in [4.78, 5) is 0. The molecule has 0 saturated carbocycles. The highest BCUT2D eigenvalue weighted by atomic mass is 14.5. The molecule has 0 aliphatic carbocycles. The van der Waals surface area contributed by atoms with Crippen molar-refractivity contribution in [3.8, 4) is 0 Å². The maximum Gasteiger partial charge on any atom is 0.0397 e. The summed E-state index contributed by atoms with van der Waals surface area (Å²) in [7, 11) is 0. The topological polar surface area (TPSA) is 26.0 Å². The van der Waals surface area contributed by atoms with Crippen LogP contribution in [0.25, 0.3) is 0 Å². The molecule has 1 heteroatoms. The fourth-order valence-corrected chi connectivity index (χ4v) is 1.27. The standard InChI is InChI=1S/C11H16N/c1-2-3-4-6-10-7-5-8-11(12)9-10/h5,7,9H,2-4,6,12H2,1H3. The number of hydrogen-bond donors (Lipinski definition) is 1. The number of benzene rings is 1. The van der Waals surface area contributed by atoms with Gasteiger partial charge in [0.05, 0.1) is 0 Å². The van der Waals surface area contributed by atoms with Gasteiger partial charge < -0.3 is 5.73 Å². The Labute approximate surface area is 74.6 Å². The molecule has 0 aliphatic heterocycles. The van der Waals surface area contributed by atoms with Crippen LogP contribution in [0.15, 0.2) is 18.2 Å². The Bertz CT molecular complexity index is 230. The van der Waals surface area contributed by atoms with Crippen LogP contribution in [-0.2, 0) is 6.42 Å². The minimum Gasteiger partial charge on any atom is -0.398 e. The molecule has 1 aromatic rings. The first-order chi connectivity index (χ1) is 5.83. The van der Waals surface area contributed by atoms with E-state index in [0.717, 1.165) is 12.1 Å². The first-order valence-electron chi connectivity index (χ1n) is 4.59. The lowest BCUT2D eigenvalue weighted by atomic mass is 10.1. The van der Waals surface area contributed by atoms with Crippen LogP contribution in [-0.4, -0.2) is 0 Å². The lowest BCUT2D eigenvalue weighted by Crippen LogP contribution is -1.89. The van der Waals surface area contributed by atoms with Gasteiger partial charge in [0.2, 0.25) is 0 Å². The van der Waals surface area contributed by atoms with E-state index in [0.29, 0.717) is 0 Å². The van der Waals surface area contributed by atoms with Crippen LogP contribution in [0.2, 0.25) is 0 Å². The van der Waals surface area contributed by atoms with Crippen molar-refractivity contribution in [1.29, 1.82) is 0 Å². The second-order valence-corrected chi connectivity index (χ2v) is 3.11. The molecular weight excluding hydrogens is 146 g/mol. The molecule has 0 spiro atoms. The molecule has 2 N–H and O–H groups in total. The number of nitrogens with two attached hydrogens (primary N) is 1. The first kappa shape index (κ1) is 9.11. The minimum atomic E-state index is 0.754. The molecule has 0 saturated heterocycles. The first-order valence-corrected chi connectivity index (χ1v) is 4.59. The molecule has 1 rings (SSSR count). The van der Waals surface area contributed by atoms with Crippen molar-refractivity contribution in [2.45, 2.75) is 32.6 Å². The zero-order valence-corrected chi connectivity index (χ0v) is 7.64. The van der Waals surface area contributed by atoms with Crippen molar-refractivity contribution in [3.05, 3.63) is 29.8 Å². The molecule has 0 bridgehead atoms. The van der Waals surface area contributed by atoms with E-state index in [4.69, 9.17) is 5.73 Å². The Morgan fingerprint density at radius 3 is 2.92 bits per heavy atom. The van der Waals surface area contributed by atoms with Gasteiger partial charge >= 0.3 is 0 Å². The predicted molar refractivity (Wildman–Crippen MR) is 52.9 cm³/mol.